The fraction of sp³-hybridized carbons (Fsp3) is 0.900. The Morgan fingerprint density at radius 2 is 1.42 bits per heavy atom. The molecule has 0 aromatic heterocycles. The van der Waals surface area contributed by atoms with Gasteiger partial charge in [-0.15, -0.1) is 0 Å². The van der Waals surface area contributed by atoms with E-state index < -0.39 is 80.1 Å². The van der Waals surface area contributed by atoms with Gasteiger partial charge in [-0.1, -0.05) is 20.4 Å². The highest BCUT2D eigenvalue weighted by Crippen LogP contribution is 2.35. The van der Waals surface area contributed by atoms with Crippen LogP contribution in [-0.2, 0) is 33.2 Å². The molecule has 180 valence electrons. The van der Waals surface area contributed by atoms with Gasteiger partial charge >= 0.3 is 0 Å². The predicted octanol–water partition coefficient (Wildman–Crippen LogP) is -1.000. The molecule has 0 aromatic carbocycles. The van der Waals surface area contributed by atoms with Crippen LogP contribution in [0.2, 0.25) is 0 Å². The zero-order chi connectivity index (χ0) is 22.9. The van der Waals surface area contributed by atoms with E-state index in [9.17, 15) is 20.4 Å². The van der Waals surface area contributed by atoms with E-state index in [0.29, 0.717) is 0 Å². The number of aliphatic hydroxyl groups is 4. The largest absolute Gasteiger partial charge is 0.385 e. The standard InChI is InChI=1S/C18H28O11.C2H6/c1-4-9-25-8(13-15(26-9)11(20)17(22)28-13)5-23-7(3)18-24-6(2)12-14(29-18)10(19)16(21)27-12;1-2/h4,6-22H,1,5H2,2-3H3;1-2H3. The van der Waals surface area contributed by atoms with E-state index in [1.165, 1.54) is 6.08 Å². The average Bonchev–Trinajstić information content (AvgIpc) is 3.23. The number of rotatable bonds is 5. The average molecular weight is 450 g/mol. The first-order chi connectivity index (χ1) is 14.8. The molecule has 4 fully saturated rings. The molecule has 31 heavy (non-hydrogen) atoms. The Bertz CT molecular complexity index is 591. The fourth-order valence-electron chi connectivity index (χ4n) is 4.05. The molecular formula is C20H34O11. The minimum atomic E-state index is -1.38. The lowest BCUT2D eigenvalue weighted by molar-refractivity contribution is -0.314. The third-order valence-corrected chi connectivity index (χ3v) is 5.67. The Morgan fingerprint density at radius 1 is 0.839 bits per heavy atom. The van der Waals surface area contributed by atoms with Crippen LogP contribution in [0.1, 0.15) is 27.7 Å². The van der Waals surface area contributed by atoms with Crippen LogP contribution in [0.4, 0.5) is 0 Å². The summed E-state index contributed by atoms with van der Waals surface area (Å²) in [5.74, 6) is 0. The van der Waals surface area contributed by atoms with Gasteiger partial charge in [-0.05, 0) is 19.9 Å². The van der Waals surface area contributed by atoms with Crippen LogP contribution in [-0.4, -0.2) is 107 Å². The lowest BCUT2D eigenvalue weighted by Gasteiger charge is -2.40. The third-order valence-electron chi connectivity index (χ3n) is 5.67. The van der Waals surface area contributed by atoms with Crippen LogP contribution in [0, 0.1) is 0 Å². The molecule has 4 aliphatic rings. The molecule has 4 N–H and O–H groups in total. The second-order valence-electron chi connectivity index (χ2n) is 7.69. The van der Waals surface area contributed by atoms with Gasteiger partial charge in [0.2, 0.25) is 0 Å². The van der Waals surface area contributed by atoms with Crippen molar-refractivity contribution in [2.24, 2.45) is 0 Å². The van der Waals surface area contributed by atoms with E-state index in [0.717, 1.165) is 0 Å². The summed E-state index contributed by atoms with van der Waals surface area (Å²) in [4.78, 5) is 0. The maximum absolute atomic E-state index is 10.0. The quantitative estimate of drug-likeness (QED) is 0.383. The molecule has 0 bridgehead atoms. The number of hydrogen-bond acceptors (Lipinski definition) is 11. The Labute approximate surface area is 181 Å². The minimum Gasteiger partial charge on any atom is -0.385 e. The first-order valence-electron chi connectivity index (χ1n) is 10.7. The summed E-state index contributed by atoms with van der Waals surface area (Å²) < 4.78 is 39.3. The Kier molecular flexibility index (Phi) is 8.44. The molecule has 0 saturated carbocycles. The normalized spacial score (nSPS) is 50.1. The third kappa shape index (κ3) is 4.97. The summed E-state index contributed by atoms with van der Waals surface area (Å²) in [6.07, 6.45) is -9.67. The molecule has 0 radical (unpaired) electrons. The smallest absolute Gasteiger partial charge is 0.184 e. The monoisotopic (exact) mass is 450 g/mol. The Balaban J connectivity index is 0.00000132. The van der Waals surface area contributed by atoms with E-state index in [-0.39, 0.29) is 6.61 Å². The molecule has 0 spiro atoms. The maximum Gasteiger partial charge on any atom is 0.184 e. The number of ether oxygens (including phenoxy) is 7. The number of fused-ring (bicyclic) bond motifs is 2. The van der Waals surface area contributed by atoms with Crippen molar-refractivity contribution in [3.63, 3.8) is 0 Å². The molecule has 4 aliphatic heterocycles. The van der Waals surface area contributed by atoms with Crippen LogP contribution in [0.15, 0.2) is 12.7 Å². The van der Waals surface area contributed by atoms with Gasteiger partial charge in [0.15, 0.2) is 25.2 Å². The zero-order valence-corrected chi connectivity index (χ0v) is 18.1. The number of hydrogen-bond donors (Lipinski definition) is 4. The molecule has 0 aliphatic carbocycles. The summed E-state index contributed by atoms with van der Waals surface area (Å²) in [7, 11) is 0. The molecule has 11 nitrogen and oxygen atoms in total. The van der Waals surface area contributed by atoms with E-state index in [1.54, 1.807) is 13.8 Å². The van der Waals surface area contributed by atoms with Gasteiger partial charge in [-0.3, -0.25) is 0 Å². The van der Waals surface area contributed by atoms with Crippen LogP contribution >= 0.6 is 0 Å². The van der Waals surface area contributed by atoms with E-state index in [2.05, 4.69) is 6.58 Å². The van der Waals surface area contributed by atoms with Crippen molar-refractivity contribution in [3.05, 3.63) is 12.7 Å². The SMILES string of the molecule is C=CC1OC(COC(C)C2OC(C)C3OC(O)C(O)C3O2)C2OC(O)C(O)C2O1.CC. The first-order valence-corrected chi connectivity index (χ1v) is 10.7. The van der Waals surface area contributed by atoms with Crippen molar-refractivity contribution in [2.45, 2.75) is 108 Å². The Hall–Kier alpha value is -0.700. The molecule has 0 amide bonds. The molecule has 4 saturated heterocycles. The minimum absolute atomic E-state index is 0.0445. The highest BCUT2D eigenvalue weighted by molar-refractivity contribution is 4.97. The zero-order valence-electron chi connectivity index (χ0n) is 18.1. The summed E-state index contributed by atoms with van der Waals surface area (Å²) in [6.45, 7) is 11.2. The maximum atomic E-state index is 10.0. The summed E-state index contributed by atoms with van der Waals surface area (Å²) >= 11 is 0. The van der Waals surface area contributed by atoms with Crippen LogP contribution in [0.25, 0.3) is 0 Å². The van der Waals surface area contributed by atoms with Crippen molar-refractivity contribution in [3.8, 4) is 0 Å². The summed E-state index contributed by atoms with van der Waals surface area (Å²) in [5, 5.41) is 39.6. The fourth-order valence-corrected chi connectivity index (χ4v) is 4.05. The topological polar surface area (TPSA) is 146 Å². The van der Waals surface area contributed by atoms with Crippen molar-refractivity contribution in [2.75, 3.05) is 6.61 Å². The molecule has 13 atom stereocenters. The van der Waals surface area contributed by atoms with Gasteiger partial charge in [0.1, 0.15) is 48.8 Å². The van der Waals surface area contributed by atoms with Crippen LogP contribution in [0.5, 0.6) is 0 Å². The molecule has 4 rings (SSSR count). The highest BCUT2D eigenvalue weighted by atomic mass is 16.8. The predicted molar refractivity (Wildman–Crippen MR) is 103 cm³/mol. The van der Waals surface area contributed by atoms with Gasteiger partial charge in [-0.25, -0.2) is 0 Å². The number of aliphatic hydroxyl groups excluding tert-OH is 4. The lowest BCUT2D eigenvalue weighted by Crippen LogP contribution is -2.55. The van der Waals surface area contributed by atoms with Crippen molar-refractivity contribution < 1.29 is 53.6 Å². The van der Waals surface area contributed by atoms with Gasteiger partial charge < -0.3 is 53.6 Å². The highest BCUT2D eigenvalue weighted by Gasteiger charge is 2.54. The van der Waals surface area contributed by atoms with Crippen molar-refractivity contribution in [1.82, 2.24) is 0 Å². The molecule has 0 aromatic rings. The van der Waals surface area contributed by atoms with Gasteiger partial charge in [0.25, 0.3) is 0 Å². The van der Waals surface area contributed by atoms with Gasteiger partial charge in [0.05, 0.1) is 12.7 Å². The van der Waals surface area contributed by atoms with Crippen molar-refractivity contribution in [1.29, 1.82) is 0 Å². The van der Waals surface area contributed by atoms with Gasteiger partial charge in [-0.2, -0.15) is 0 Å². The Morgan fingerprint density at radius 3 is 2.03 bits per heavy atom. The summed E-state index contributed by atoms with van der Waals surface area (Å²) in [6, 6.07) is 0. The van der Waals surface area contributed by atoms with E-state index in [1.807, 2.05) is 13.8 Å². The van der Waals surface area contributed by atoms with Crippen LogP contribution in [0.3, 0.4) is 0 Å². The van der Waals surface area contributed by atoms with Crippen molar-refractivity contribution >= 4 is 0 Å². The summed E-state index contributed by atoms with van der Waals surface area (Å²) in [5.41, 5.74) is 0. The van der Waals surface area contributed by atoms with Crippen LogP contribution < -0.4 is 0 Å². The van der Waals surface area contributed by atoms with Gasteiger partial charge in [0, 0.05) is 0 Å². The molecular weight excluding hydrogens is 416 g/mol. The second-order valence-corrected chi connectivity index (χ2v) is 7.69. The van der Waals surface area contributed by atoms with E-state index in [4.69, 9.17) is 33.2 Å². The first kappa shape index (κ1) is 24.9. The lowest BCUT2D eigenvalue weighted by atomic mass is 10.0. The second kappa shape index (κ2) is 10.5. The molecule has 13 unspecified atom stereocenters. The molecule has 11 heteroatoms. The molecule has 4 heterocycles. The van der Waals surface area contributed by atoms with E-state index >= 15 is 0 Å².